The van der Waals surface area contributed by atoms with Crippen LogP contribution in [0, 0.1) is 6.92 Å². The first-order valence-electron chi connectivity index (χ1n) is 6.64. The van der Waals surface area contributed by atoms with Crippen molar-refractivity contribution in [3.63, 3.8) is 0 Å². The molecule has 0 radical (unpaired) electrons. The average Bonchev–Trinajstić information content (AvgIpc) is 2.97. The summed E-state index contributed by atoms with van der Waals surface area (Å²) in [4.78, 5) is 4.72. The Hall–Kier alpha value is -2.33. The highest BCUT2D eigenvalue weighted by Gasteiger charge is 2.11. The Morgan fingerprint density at radius 3 is 2.57 bits per heavy atom. The maximum Gasteiger partial charge on any atom is 0.129 e. The standard InChI is InChI=1S/C17H16N2OS/c1-11-3-8-14(16(9-11)20-2)17-19-15(10-21-17)12-4-6-13(18)7-5-12/h3-10H,18H2,1-2H3. The van der Waals surface area contributed by atoms with Gasteiger partial charge >= 0.3 is 0 Å². The number of ether oxygens (including phenoxy) is 1. The predicted octanol–water partition coefficient (Wildman–Crippen LogP) is 4.38. The normalized spacial score (nSPS) is 10.6. The van der Waals surface area contributed by atoms with E-state index in [9.17, 15) is 0 Å². The second-order valence-corrected chi connectivity index (χ2v) is 5.72. The number of aromatic nitrogens is 1. The van der Waals surface area contributed by atoms with Crippen molar-refractivity contribution in [1.82, 2.24) is 4.98 Å². The number of nitrogens with zero attached hydrogens (tertiary/aromatic N) is 1. The summed E-state index contributed by atoms with van der Waals surface area (Å²) in [5.41, 5.74) is 10.7. The molecule has 106 valence electrons. The van der Waals surface area contributed by atoms with Gasteiger partial charge in [-0.15, -0.1) is 11.3 Å². The molecule has 2 N–H and O–H groups in total. The molecule has 0 spiro atoms. The van der Waals surface area contributed by atoms with Gasteiger partial charge in [0.2, 0.25) is 0 Å². The molecule has 3 rings (SSSR count). The number of methoxy groups -OCH3 is 1. The topological polar surface area (TPSA) is 48.1 Å². The summed E-state index contributed by atoms with van der Waals surface area (Å²) in [5, 5.41) is 3.01. The number of aryl methyl sites for hydroxylation is 1. The third-order valence-electron chi connectivity index (χ3n) is 3.30. The molecule has 3 aromatic rings. The lowest BCUT2D eigenvalue weighted by atomic mass is 10.1. The Bertz CT molecular complexity index is 763. The highest BCUT2D eigenvalue weighted by atomic mass is 32.1. The minimum Gasteiger partial charge on any atom is -0.496 e. The van der Waals surface area contributed by atoms with Gasteiger partial charge in [0, 0.05) is 16.6 Å². The van der Waals surface area contributed by atoms with Crippen molar-refractivity contribution in [3.05, 3.63) is 53.4 Å². The molecule has 0 amide bonds. The molecule has 0 unspecified atom stereocenters. The molecule has 1 heterocycles. The molecular formula is C17H16N2OS. The lowest BCUT2D eigenvalue weighted by Crippen LogP contribution is -1.89. The summed E-state index contributed by atoms with van der Waals surface area (Å²) in [5.74, 6) is 0.855. The fraction of sp³-hybridized carbons (Fsp3) is 0.118. The van der Waals surface area contributed by atoms with Crippen molar-refractivity contribution in [1.29, 1.82) is 0 Å². The van der Waals surface area contributed by atoms with Crippen LogP contribution in [0.2, 0.25) is 0 Å². The van der Waals surface area contributed by atoms with Gasteiger partial charge in [0.15, 0.2) is 0 Å². The lowest BCUT2D eigenvalue weighted by molar-refractivity contribution is 0.416. The number of hydrogen-bond donors (Lipinski definition) is 1. The third-order valence-corrected chi connectivity index (χ3v) is 4.17. The van der Waals surface area contributed by atoms with Crippen molar-refractivity contribution in [2.24, 2.45) is 0 Å². The number of hydrogen-bond acceptors (Lipinski definition) is 4. The van der Waals surface area contributed by atoms with Crippen molar-refractivity contribution >= 4 is 17.0 Å². The van der Waals surface area contributed by atoms with Gasteiger partial charge in [-0.05, 0) is 36.8 Å². The van der Waals surface area contributed by atoms with Gasteiger partial charge in [0.05, 0.1) is 18.4 Å². The van der Waals surface area contributed by atoms with E-state index in [0.29, 0.717) is 0 Å². The van der Waals surface area contributed by atoms with Crippen LogP contribution >= 0.6 is 11.3 Å². The Morgan fingerprint density at radius 2 is 1.86 bits per heavy atom. The molecule has 0 aliphatic carbocycles. The number of rotatable bonds is 3. The maximum absolute atomic E-state index is 5.72. The van der Waals surface area contributed by atoms with E-state index in [2.05, 4.69) is 17.5 Å². The first-order valence-corrected chi connectivity index (χ1v) is 7.52. The van der Waals surface area contributed by atoms with Crippen molar-refractivity contribution in [2.75, 3.05) is 12.8 Å². The van der Waals surface area contributed by atoms with Crippen molar-refractivity contribution < 1.29 is 4.74 Å². The van der Waals surface area contributed by atoms with E-state index in [1.807, 2.05) is 37.3 Å². The molecule has 0 fully saturated rings. The Morgan fingerprint density at radius 1 is 1.10 bits per heavy atom. The molecular weight excluding hydrogens is 280 g/mol. The third kappa shape index (κ3) is 2.76. The highest BCUT2D eigenvalue weighted by molar-refractivity contribution is 7.13. The zero-order valence-electron chi connectivity index (χ0n) is 12.0. The van der Waals surface area contributed by atoms with Gasteiger partial charge in [-0.1, -0.05) is 18.2 Å². The number of nitrogens with two attached hydrogens (primary N) is 1. The van der Waals surface area contributed by atoms with Crippen LogP contribution in [0.3, 0.4) is 0 Å². The van der Waals surface area contributed by atoms with E-state index in [4.69, 9.17) is 15.5 Å². The molecule has 21 heavy (non-hydrogen) atoms. The summed E-state index contributed by atoms with van der Waals surface area (Å²) in [6.07, 6.45) is 0. The van der Waals surface area contributed by atoms with Crippen LogP contribution in [-0.4, -0.2) is 12.1 Å². The lowest BCUT2D eigenvalue weighted by Gasteiger charge is -2.06. The Labute approximate surface area is 128 Å². The van der Waals surface area contributed by atoms with Crippen LogP contribution in [-0.2, 0) is 0 Å². The summed E-state index contributed by atoms with van der Waals surface area (Å²) >= 11 is 1.61. The fourth-order valence-electron chi connectivity index (χ4n) is 2.16. The van der Waals surface area contributed by atoms with Gasteiger partial charge in [-0.25, -0.2) is 4.98 Å². The largest absolute Gasteiger partial charge is 0.496 e. The molecule has 2 aromatic carbocycles. The highest BCUT2D eigenvalue weighted by Crippen LogP contribution is 2.35. The summed E-state index contributed by atoms with van der Waals surface area (Å²) in [6.45, 7) is 2.05. The first-order chi connectivity index (χ1) is 10.2. The monoisotopic (exact) mass is 296 g/mol. The SMILES string of the molecule is COc1cc(C)ccc1-c1nc(-c2ccc(N)cc2)cs1. The predicted molar refractivity (Wildman–Crippen MR) is 88.7 cm³/mol. The van der Waals surface area contributed by atoms with Gasteiger partial charge in [-0.3, -0.25) is 0 Å². The van der Waals surface area contributed by atoms with E-state index in [-0.39, 0.29) is 0 Å². The molecule has 0 saturated carbocycles. The van der Waals surface area contributed by atoms with Crippen molar-refractivity contribution in [2.45, 2.75) is 6.92 Å². The molecule has 4 heteroatoms. The smallest absolute Gasteiger partial charge is 0.129 e. The van der Waals surface area contributed by atoms with E-state index < -0.39 is 0 Å². The molecule has 0 aliphatic rings. The average molecular weight is 296 g/mol. The van der Waals surface area contributed by atoms with Crippen LogP contribution in [0.5, 0.6) is 5.75 Å². The van der Waals surface area contributed by atoms with E-state index in [1.54, 1.807) is 18.4 Å². The number of benzene rings is 2. The first kappa shape index (κ1) is 13.6. The van der Waals surface area contributed by atoms with E-state index >= 15 is 0 Å². The zero-order chi connectivity index (χ0) is 14.8. The van der Waals surface area contributed by atoms with E-state index in [1.165, 1.54) is 5.56 Å². The molecule has 0 bridgehead atoms. The number of nitrogen functional groups attached to an aromatic ring is 1. The number of anilines is 1. The molecule has 1 aromatic heterocycles. The molecule has 0 atom stereocenters. The van der Waals surface area contributed by atoms with Gasteiger partial charge in [0.1, 0.15) is 10.8 Å². The van der Waals surface area contributed by atoms with Crippen molar-refractivity contribution in [3.8, 4) is 27.6 Å². The summed E-state index contributed by atoms with van der Waals surface area (Å²) in [7, 11) is 1.69. The van der Waals surface area contributed by atoms with Crippen LogP contribution in [0.1, 0.15) is 5.56 Å². The molecule has 0 aliphatic heterocycles. The minimum atomic E-state index is 0.759. The maximum atomic E-state index is 5.72. The van der Waals surface area contributed by atoms with Crippen LogP contribution in [0.4, 0.5) is 5.69 Å². The molecule has 0 saturated heterocycles. The van der Waals surface area contributed by atoms with Gasteiger partial charge in [0.25, 0.3) is 0 Å². The number of thiazole rings is 1. The Kier molecular flexibility index (Phi) is 3.62. The minimum absolute atomic E-state index is 0.759. The second-order valence-electron chi connectivity index (χ2n) is 4.86. The van der Waals surface area contributed by atoms with E-state index in [0.717, 1.165) is 33.3 Å². The fourth-order valence-corrected chi connectivity index (χ4v) is 3.02. The van der Waals surface area contributed by atoms with Crippen LogP contribution < -0.4 is 10.5 Å². The van der Waals surface area contributed by atoms with Gasteiger partial charge in [-0.2, -0.15) is 0 Å². The second kappa shape index (κ2) is 5.58. The quantitative estimate of drug-likeness (QED) is 0.730. The summed E-state index contributed by atoms with van der Waals surface area (Å²) < 4.78 is 5.46. The zero-order valence-corrected chi connectivity index (χ0v) is 12.8. The van der Waals surface area contributed by atoms with Crippen LogP contribution in [0.25, 0.3) is 21.8 Å². The Balaban J connectivity index is 2.00. The van der Waals surface area contributed by atoms with Crippen LogP contribution in [0.15, 0.2) is 47.8 Å². The summed E-state index contributed by atoms with van der Waals surface area (Å²) in [6, 6.07) is 13.9. The van der Waals surface area contributed by atoms with Gasteiger partial charge < -0.3 is 10.5 Å². The molecule has 3 nitrogen and oxygen atoms in total.